The van der Waals surface area contributed by atoms with Crippen molar-refractivity contribution in [3.63, 3.8) is 0 Å². The highest BCUT2D eigenvalue weighted by Gasteiger charge is 2.35. The van der Waals surface area contributed by atoms with E-state index < -0.39 is 11.8 Å². The molecule has 2 atom stereocenters. The van der Waals surface area contributed by atoms with Gasteiger partial charge in [-0.15, -0.1) is 0 Å². The molecule has 0 saturated carbocycles. The second kappa shape index (κ2) is 7.81. The lowest BCUT2D eigenvalue weighted by atomic mass is 9.82. The number of hydrogen-bond donors (Lipinski definition) is 1. The molecule has 0 fully saturated rings. The number of nitrogens with one attached hydrogen (secondary N) is 1. The van der Waals surface area contributed by atoms with Crippen LogP contribution in [0.5, 0.6) is 5.75 Å². The number of carbonyl (C=O) groups is 2. The molecule has 1 aromatic rings. The Hall–Kier alpha value is -2.30. The van der Waals surface area contributed by atoms with Gasteiger partial charge in [-0.2, -0.15) is 0 Å². The van der Waals surface area contributed by atoms with Crippen LogP contribution in [0.1, 0.15) is 26.7 Å². The van der Waals surface area contributed by atoms with Crippen LogP contribution in [0.3, 0.4) is 0 Å². The highest BCUT2D eigenvalue weighted by Crippen LogP contribution is 2.28. The first-order chi connectivity index (χ1) is 11.0. The summed E-state index contributed by atoms with van der Waals surface area (Å²) in [6, 6.07) is 7.11. The molecular weight excluding hydrogens is 294 g/mol. The Morgan fingerprint density at radius 1 is 1.09 bits per heavy atom. The highest BCUT2D eigenvalue weighted by atomic mass is 16.5. The number of carbonyl (C=O) groups excluding carboxylic acids is 2. The summed E-state index contributed by atoms with van der Waals surface area (Å²) in [4.78, 5) is 24.7. The molecular formula is C18H23NO4. The fourth-order valence-electron chi connectivity index (χ4n) is 2.59. The molecule has 5 heteroatoms. The fourth-order valence-corrected chi connectivity index (χ4v) is 2.59. The highest BCUT2D eigenvalue weighted by molar-refractivity contribution is 5.95. The van der Waals surface area contributed by atoms with E-state index in [-0.39, 0.29) is 18.0 Å². The maximum atomic E-state index is 12.5. The van der Waals surface area contributed by atoms with Crippen LogP contribution in [0.15, 0.2) is 36.4 Å². The number of esters is 1. The Morgan fingerprint density at radius 2 is 1.70 bits per heavy atom. The van der Waals surface area contributed by atoms with E-state index in [0.717, 1.165) is 5.75 Å². The molecule has 0 aliphatic heterocycles. The summed E-state index contributed by atoms with van der Waals surface area (Å²) in [6.45, 7) is 3.62. The third-order valence-electron chi connectivity index (χ3n) is 3.78. The lowest BCUT2D eigenvalue weighted by Gasteiger charge is -2.26. The van der Waals surface area contributed by atoms with Gasteiger partial charge in [-0.1, -0.05) is 12.2 Å². The standard InChI is InChI=1S/C18H23NO4/c1-12(2)23-18(21)16-7-5-4-6-15(16)17(20)19-13-8-10-14(22-3)11-9-13/h4-5,8-12,15-16H,6-7H2,1-3H3,(H,19,20)/t15-,16-/m0/s1. The van der Waals surface area contributed by atoms with Crippen molar-refractivity contribution in [1.82, 2.24) is 0 Å². The molecule has 2 rings (SSSR count). The number of allylic oxidation sites excluding steroid dienone is 2. The molecule has 0 aromatic heterocycles. The Labute approximate surface area is 136 Å². The Kier molecular flexibility index (Phi) is 5.79. The summed E-state index contributed by atoms with van der Waals surface area (Å²) < 4.78 is 10.4. The molecule has 124 valence electrons. The zero-order valence-corrected chi connectivity index (χ0v) is 13.7. The molecule has 5 nitrogen and oxygen atoms in total. The molecule has 0 spiro atoms. The van der Waals surface area contributed by atoms with Crippen molar-refractivity contribution < 1.29 is 19.1 Å². The SMILES string of the molecule is COc1ccc(NC(=O)[C@H]2CC=CC[C@@H]2C(=O)OC(C)C)cc1. The average Bonchev–Trinajstić information content (AvgIpc) is 2.55. The first-order valence-corrected chi connectivity index (χ1v) is 7.81. The number of ether oxygens (including phenoxy) is 2. The summed E-state index contributed by atoms with van der Waals surface area (Å²) in [5.74, 6) is -0.583. The topological polar surface area (TPSA) is 64.6 Å². The molecule has 0 unspecified atom stereocenters. The van der Waals surface area contributed by atoms with E-state index >= 15 is 0 Å². The summed E-state index contributed by atoms with van der Waals surface area (Å²) in [5.41, 5.74) is 0.682. The predicted octanol–water partition coefficient (Wildman–Crippen LogP) is 3.17. The smallest absolute Gasteiger partial charge is 0.310 e. The number of methoxy groups -OCH3 is 1. The van der Waals surface area contributed by atoms with Crippen molar-refractivity contribution in [1.29, 1.82) is 0 Å². The zero-order chi connectivity index (χ0) is 16.8. The maximum absolute atomic E-state index is 12.5. The molecule has 1 aliphatic rings. The monoisotopic (exact) mass is 317 g/mol. The van der Waals surface area contributed by atoms with Crippen molar-refractivity contribution in [2.24, 2.45) is 11.8 Å². The average molecular weight is 317 g/mol. The van der Waals surface area contributed by atoms with E-state index in [2.05, 4.69) is 5.32 Å². The lowest BCUT2D eigenvalue weighted by Crippen LogP contribution is -2.36. The third-order valence-corrected chi connectivity index (χ3v) is 3.78. The Bertz CT molecular complexity index is 577. The number of benzene rings is 1. The molecule has 0 saturated heterocycles. The summed E-state index contributed by atoms with van der Waals surface area (Å²) >= 11 is 0. The van der Waals surface area contributed by atoms with Gasteiger partial charge < -0.3 is 14.8 Å². The van der Waals surface area contributed by atoms with Gasteiger partial charge in [0.25, 0.3) is 0 Å². The van der Waals surface area contributed by atoms with Gasteiger partial charge in [0.2, 0.25) is 5.91 Å². The number of amides is 1. The van der Waals surface area contributed by atoms with Crippen LogP contribution in [0.4, 0.5) is 5.69 Å². The van der Waals surface area contributed by atoms with Gasteiger partial charge in [0.1, 0.15) is 5.75 Å². The van der Waals surface area contributed by atoms with E-state index in [1.54, 1.807) is 31.4 Å². The van der Waals surface area contributed by atoms with E-state index in [1.165, 1.54) is 0 Å². The number of hydrogen-bond acceptors (Lipinski definition) is 4. The van der Waals surface area contributed by atoms with Crippen LogP contribution >= 0.6 is 0 Å². The van der Waals surface area contributed by atoms with Crippen LogP contribution < -0.4 is 10.1 Å². The lowest BCUT2D eigenvalue weighted by molar-refractivity contribution is -0.156. The van der Waals surface area contributed by atoms with Crippen molar-refractivity contribution in [3.8, 4) is 5.75 Å². The molecule has 1 N–H and O–H groups in total. The minimum Gasteiger partial charge on any atom is -0.497 e. The summed E-state index contributed by atoms with van der Waals surface area (Å²) in [6.07, 6.45) is 4.77. The minimum absolute atomic E-state index is 0.162. The molecule has 0 bridgehead atoms. The van der Waals surface area contributed by atoms with Crippen LogP contribution in [0.2, 0.25) is 0 Å². The van der Waals surface area contributed by atoms with Gasteiger partial charge in [-0.05, 0) is 51.0 Å². The van der Waals surface area contributed by atoms with E-state index in [4.69, 9.17) is 9.47 Å². The molecule has 1 amide bonds. The normalized spacial score (nSPS) is 20.2. The van der Waals surface area contributed by atoms with Crippen molar-refractivity contribution >= 4 is 17.6 Å². The molecule has 1 aliphatic carbocycles. The van der Waals surface area contributed by atoms with Gasteiger partial charge in [0, 0.05) is 5.69 Å². The van der Waals surface area contributed by atoms with Crippen LogP contribution in [-0.4, -0.2) is 25.1 Å². The zero-order valence-electron chi connectivity index (χ0n) is 13.7. The van der Waals surface area contributed by atoms with Gasteiger partial charge in [0.05, 0.1) is 25.0 Å². The predicted molar refractivity (Wildman–Crippen MR) is 88.2 cm³/mol. The van der Waals surface area contributed by atoms with Crippen molar-refractivity contribution in [2.75, 3.05) is 12.4 Å². The van der Waals surface area contributed by atoms with Crippen LogP contribution in [0.25, 0.3) is 0 Å². The first-order valence-electron chi connectivity index (χ1n) is 7.81. The van der Waals surface area contributed by atoms with Gasteiger partial charge in [0.15, 0.2) is 0 Å². The number of anilines is 1. The molecule has 1 aromatic carbocycles. The Morgan fingerprint density at radius 3 is 2.26 bits per heavy atom. The van der Waals surface area contributed by atoms with Crippen LogP contribution in [-0.2, 0) is 14.3 Å². The summed E-state index contributed by atoms with van der Waals surface area (Å²) in [5, 5.41) is 2.86. The second-order valence-electron chi connectivity index (χ2n) is 5.86. The van der Waals surface area contributed by atoms with E-state index in [0.29, 0.717) is 18.5 Å². The van der Waals surface area contributed by atoms with Gasteiger partial charge in [-0.25, -0.2) is 0 Å². The minimum atomic E-state index is -0.430. The van der Waals surface area contributed by atoms with E-state index in [9.17, 15) is 9.59 Å². The molecule has 23 heavy (non-hydrogen) atoms. The Balaban J connectivity index is 2.05. The second-order valence-corrected chi connectivity index (χ2v) is 5.86. The van der Waals surface area contributed by atoms with Gasteiger partial charge in [-0.3, -0.25) is 9.59 Å². The fraction of sp³-hybridized carbons (Fsp3) is 0.444. The number of rotatable bonds is 5. The van der Waals surface area contributed by atoms with Crippen LogP contribution in [0, 0.1) is 11.8 Å². The largest absolute Gasteiger partial charge is 0.497 e. The van der Waals surface area contributed by atoms with Crippen molar-refractivity contribution in [2.45, 2.75) is 32.8 Å². The molecule has 0 heterocycles. The first kappa shape index (κ1) is 17.1. The third kappa shape index (κ3) is 4.58. The quantitative estimate of drug-likeness (QED) is 0.669. The molecule has 0 radical (unpaired) electrons. The van der Waals surface area contributed by atoms with Crippen molar-refractivity contribution in [3.05, 3.63) is 36.4 Å². The summed E-state index contributed by atoms with van der Waals surface area (Å²) in [7, 11) is 1.59. The maximum Gasteiger partial charge on any atom is 0.310 e. The van der Waals surface area contributed by atoms with Gasteiger partial charge >= 0.3 is 5.97 Å². The van der Waals surface area contributed by atoms with E-state index in [1.807, 2.05) is 26.0 Å².